The van der Waals surface area contributed by atoms with Gasteiger partial charge >= 0.3 is 20.2 Å². The van der Waals surface area contributed by atoms with Crippen LogP contribution in [0.5, 0.6) is 5.75 Å². The van der Waals surface area contributed by atoms with Gasteiger partial charge in [-0.3, -0.25) is 33.7 Å². The number of sulfonamides is 1. The monoisotopic (exact) mass is 1190 g/mol. The summed E-state index contributed by atoms with van der Waals surface area (Å²) in [6.45, 7) is -0.518. The van der Waals surface area contributed by atoms with Crippen molar-refractivity contribution >= 4 is 67.8 Å². The van der Waals surface area contributed by atoms with Crippen LogP contribution in [0.15, 0.2) is 66.7 Å². The van der Waals surface area contributed by atoms with Crippen molar-refractivity contribution < 1.29 is 89.2 Å². The molecule has 0 spiro atoms. The van der Waals surface area contributed by atoms with Crippen LogP contribution in [0.25, 0.3) is 22.0 Å². The number of aromatic nitrogens is 5. The summed E-state index contributed by atoms with van der Waals surface area (Å²) in [4.78, 5) is 51.4. The third-order valence-corrected chi connectivity index (χ3v) is 17.2. The largest absolute Gasteiger partial charge is 0.524 e. The Kier molecular flexibility index (Phi) is 15.0. The fourth-order valence-corrected chi connectivity index (χ4v) is 11.3. The van der Waals surface area contributed by atoms with E-state index in [2.05, 4.69) is 20.0 Å². The number of alkyl halides is 8. The summed E-state index contributed by atoms with van der Waals surface area (Å²) in [5.41, 5.74) is -5.46. The van der Waals surface area contributed by atoms with E-state index in [1.54, 1.807) is 0 Å². The van der Waals surface area contributed by atoms with Crippen LogP contribution < -0.4 is 14.1 Å². The van der Waals surface area contributed by atoms with Crippen molar-refractivity contribution in [2.75, 3.05) is 16.8 Å². The van der Waals surface area contributed by atoms with Gasteiger partial charge in [0.05, 0.1) is 45.1 Å². The van der Waals surface area contributed by atoms with Crippen molar-refractivity contribution in [2.45, 2.75) is 94.0 Å². The van der Waals surface area contributed by atoms with Gasteiger partial charge in [-0.05, 0) is 93.0 Å². The molecular formula is C47H43ClF10N7O10PS2. The van der Waals surface area contributed by atoms with Crippen molar-refractivity contribution in [1.82, 2.24) is 29.9 Å². The van der Waals surface area contributed by atoms with E-state index >= 15 is 8.78 Å². The van der Waals surface area contributed by atoms with Crippen LogP contribution in [0, 0.1) is 17.6 Å². The van der Waals surface area contributed by atoms with Gasteiger partial charge in [-0.15, -0.1) is 0 Å². The molecule has 31 heteroatoms. The number of carbonyl (C=O) groups is 2. The van der Waals surface area contributed by atoms with E-state index < -0.39 is 162 Å². The summed E-state index contributed by atoms with van der Waals surface area (Å²) < 4.78 is 216. The second-order valence-electron chi connectivity index (χ2n) is 19.4. The summed E-state index contributed by atoms with van der Waals surface area (Å²) in [5.74, 6) is -12.9. The number of phosphoric ester groups is 1. The van der Waals surface area contributed by atoms with Crippen LogP contribution in [0.3, 0.4) is 0 Å². The van der Waals surface area contributed by atoms with Gasteiger partial charge in [-0.25, -0.2) is 30.2 Å². The van der Waals surface area contributed by atoms with E-state index in [-0.39, 0.29) is 66.6 Å². The van der Waals surface area contributed by atoms with Crippen molar-refractivity contribution in [3.05, 3.63) is 123 Å². The molecule has 78 heavy (non-hydrogen) atoms. The first-order valence-electron chi connectivity index (χ1n) is 23.0. The molecule has 8 rings (SSSR count). The number of carbonyl (C=O) groups excluding carboxylic acids is 2. The van der Waals surface area contributed by atoms with Gasteiger partial charge in [0.1, 0.15) is 36.2 Å². The summed E-state index contributed by atoms with van der Waals surface area (Å²) in [6, 6.07) is 9.36. The third kappa shape index (κ3) is 12.2. The zero-order valence-electron chi connectivity index (χ0n) is 40.8. The molecule has 420 valence electrons. The molecule has 3 aromatic heterocycles. The Morgan fingerprint density at radius 1 is 0.910 bits per heavy atom. The Balaban J connectivity index is 1.32. The molecule has 17 nitrogen and oxygen atoms in total. The van der Waals surface area contributed by atoms with Gasteiger partial charge in [0.25, 0.3) is 5.92 Å². The minimum Gasteiger partial charge on any atom is -0.404 e. The van der Waals surface area contributed by atoms with Gasteiger partial charge in [0, 0.05) is 40.6 Å². The number of nitrogens with zero attached hydrogens (tertiary/aromatic N) is 6. The Bertz CT molecular complexity index is 3660. The number of rotatable bonds is 18. The number of halogens is 11. The standard InChI is InChI=1S/C47H43ClF10N7O10PS2/c1-44(2,77(3,71)72)14-13-27-7-10-29(39(59-27)34(17-24-15-25(49)19-26(50)16-24)60-35(66)21-63-42-37(41(61-63)47(56,57)58)31-20-32(31)46(42,54)55)30-11-12-33(48)38-40(30)64(22-45(51,52)53)62-43(38)65(78(4,73)74)36(67)18-23-5-8-28(9-6-23)75-76(68,69)70/h5-12,15-16,19,31-32,34H,13-14,17-18,20-22H2,1-4H3,(H,60,66)(H2,68,69,70)/t31?,32-,34+/m1/s1. The van der Waals surface area contributed by atoms with Crippen molar-refractivity contribution in [2.24, 2.45) is 5.92 Å². The van der Waals surface area contributed by atoms with Crippen LogP contribution in [0.2, 0.25) is 5.02 Å². The average molecular weight is 1190 g/mol. The van der Waals surface area contributed by atoms with Crippen molar-refractivity contribution in [1.29, 1.82) is 0 Å². The lowest BCUT2D eigenvalue weighted by atomic mass is 9.93. The molecule has 2 aliphatic rings. The van der Waals surface area contributed by atoms with Gasteiger partial charge < -0.3 is 9.84 Å². The number of nitrogens with one attached hydrogen (secondary N) is 1. The lowest BCUT2D eigenvalue weighted by Crippen LogP contribution is -2.38. The molecule has 0 radical (unpaired) electrons. The fourth-order valence-electron chi connectivity index (χ4n) is 9.33. The number of benzene rings is 3. The molecule has 1 fully saturated rings. The maximum absolute atomic E-state index is 15.7. The van der Waals surface area contributed by atoms with Crippen LogP contribution in [0.1, 0.15) is 78.1 Å². The highest BCUT2D eigenvalue weighted by atomic mass is 35.5. The SMILES string of the molecule is CC(C)(CCc1ccc(-c2ccc(Cl)c3c(N(C(=O)Cc4ccc(OP(=O)(O)O)cc4)S(C)(=O)=O)nn(CC(F)(F)F)c23)c([C@H](Cc2cc(F)cc(F)c2)NC(=O)Cn2nc(C(F)(F)F)c3c2C(F)(F)[C@@H]2CC32)n1)S(C)(=O)=O. The van der Waals surface area contributed by atoms with E-state index in [1.807, 2.05) is 0 Å². The molecule has 3 atom stereocenters. The second kappa shape index (κ2) is 20.2. The molecule has 1 saturated carbocycles. The summed E-state index contributed by atoms with van der Waals surface area (Å²) in [6.07, 6.45) is -11.0. The molecule has 2 amide bonds. The van der Waals surface area contributed by atoms with Gasteiger partial charge in [0.2, 0.25) is 21.8 Å². The number of hydrogen-bond donors (Lipinski definition) is 3. The number of sulfone groups is 1. The van der Waals surface area contributed by atoms with Gasteiger partial charge in [-0.2, -0.15) is 49.6 Å². The lowest BCUT2D eigenvalue weighted by Gasteiger charge is -2.25. The first-order chi connectivity index (χ1) is 35.8. The molecule has 3 heterocycles. The third-order valence-electron chi connectivity index (χ3n) is 13.2. The number of amides is 2. The first kappa shape index (κ1) is 58.0. The predicted octanol–water partition coefficient (Wildman–Crippen LogP) is 8.88. The van der Waals surface area contributed by atoms with E-state index in [0.29, 0.717) is 12.3 Å². The normalized spacial score (nSPS) is 16.9. The number of fused-ring (bicyclic) bond motifs is 4. The van der Waals surface area contributed by atoms with Gasteiger partial charge in [0.15, 0.2) is 21.3 Å². The van der Waals surface area contributed by atoms with Crippen LogP contribution in [-0.2, 0) is 78.5 Å². The van der Waals surface area contributed by atoms with Crippen LogP contribution in [0.4, 0.5) is 49.7 Å². The topological polar surface area (TPSA) is 233 Å². The summed E-state index contributed by atoms with van der Waals surface area (Å²) >= 11 is 6.70. The van der Waals surface area contributed by atoms with E-state index in [0.717, 1.165) is 54.8 Å². The lowest BCUT2D eigenvalue weighted by molar-refractivity contribution is -0.143. The maximum Gasteiger partial charge on any atom is 0.524 e. The van der Waals surface area contributed by atoms with Crippen LogP contribution in [-0.4, -0.2) is 86.4 Å². The quantitative estimate of drug-likeness (QED) is 0.0540. The molecule has 0 saturated heterocycles. The van der Waals surface area contributed by atoms with E-state index in [1.165, 1.54) is 26.0 Å². The highest BCUT2D eigenvalue weighted by molar-refractivity contribution is 7.93. The number of phosphoric acid groups is 1. The Morgan fingerprint density at radius 2 is 1.54 bits per heavy atom. The molecule has 3 N–H and O–H groups in total. The Hall–Kier alpha value is -6.13. The molecule has 6 aromatic rings. The van der Waals surface area contributed by atoms with Crippen molar-refractivity contribution in [3.8, 4) is 16.9 Å². The maximum atomic E-state index is 15.7. The smallest absolute Gasteiger partial charge is 0.404 e. The van der Waals surface area contributed by atoms with E-state index in [9.17, 15) is 66.1 Å². The second-order valence-corrected chi connectivity index (χ2v) is 25.5. The molecule has 3 aromatic carbocycles. The predicted molar refractivity (Wildman–Crippen MR) is 259 cm³/mol. The Morgan fingerprint density at radius 3 is 2.12 bits per heavy atom. The molecule has 0 aliphatic heterocycles. The van der Waals surface area contributed by atoms with Crippen LogP contribution >= 0.6 is 19.4 Å². The highest BCUT2D eigenvalue weighted by Crippen LogP contribution is 2.68. The average Bonchev–Trinajstić information content (AvgIpc) is 3.86. The number of hydrogen-bond acceptors (Lipinski definition) is 11. The van der Waals surface area contributed by atoms with E-state index in [4.69, 9.17) is 26.4 Å². The molecular weight excluding hydrogens is 1140 g/mol. The number of aryl methyl sites for hydroxylation is 1. The van der Waals surface area contributed by atoms with Crippen molar-refractivity contribution in [3.63, 3.8) is 0 Å². The summed E-state index contributed by atoms with van der Waals surface area (Å²) in [7, 11) is -13.7. The number of pyridine rings is 1. The molecule has 0 bridgehead atoms. The highest BCUT2D eigenvalue weighted by Gasteiger charge is 2.68. The minimum atomic E-state index is -5.23. The summed E-state index contributed by atoms with van der Waals surface area (Å²) in [5, 5.41) is 8.73. The Labute approximate surface area is 441 Å². The molecule has 1 unspecified atom stereocenters. The zero-order chi connectivity index (χ0) is 57.6. The molecule has 2 aliphatic carbocycles. The minimum absolute atomic E-state index is 0.00239. The zero-order valence-corrected chi connectivity index (χ0v) is 44.1. The fraction of sp³-hybridized carbons (Fsp3) is 0.383. The first-order valence-corrected chi connectivity index (χ1v) is 28.6. The number of anilines is 1. The van der Waals surface area contributed by atoms with Gasteiger partial charge in [-0.1, -0.05) is 35.9 Å².